The van der Waals surface area contributed by atoms with Crippen LogP contribution in [0, 0.1) is 0 Å². The number of hydrogen-bond donors (Lipinski definition) is 1. The fourth-order valence-electron chi connectivity index (χ4n) is 3.12. The summed E-state index contributed by atoms with van der Waals surface area (Å²) in [5, 5.41) is 10.8. The van der Waals surface area contributed by atoms with Crippen molar-refractivity contribution in [2.24, 2.45) is 7.05 Å². The van der Waals surface area contributed by atoms with Crippen LogP contribution in [0.4, 0.5) is 0 Å². The topological polar surface area (TPSA) is 28.4 Å². The minimum Gasteiger partial charge on any atom is -0.384 e. The van der Waals surface area contributed by atoms with E-state index < -0.39 is 5.60 Å². The first-order chi connectivity index (χ1) is 9.67. The zero-order valence-electron chi connectivity index (χ0n) is 12.0. The second-order valence-corrected chi connectivity index (χ2v) is 5.80. The summed E-state index contributed by atoms with van der Waals surface area (Å²) in [6, 6.07) is 14.6. The SMILES string of the molecule is Cn1cccc1C1(O)CCN(Cc2ccccc2)CC1. The van der Waals surface area contributed by atoms with Gasteiger partial charge in [0.15, 0.2) is 0 Å². The minimum absolute atomic E-state index is 0.661. The molecule has 2 heterocycles. The lowest BCUT2D eigenvalue weighted by Crippen LogP contribution is -2.43. The van der Waals surface area contributed by atoms with Crippen LogP contribution in [0.1, 0.15) is 24.1 Å². The first-order valence-corrected chi connectivity index (χ1v) is 7.28. The molecule has 0 atom stereocenters. The van der Waals surface area contributed by atoms with Crippen LogP contribution in [0.5, 0.6) is 0 Å². The Labute approximate surface area is 120 Å². The predicted octanol–water partition coefficient (Wildman–Crippen LogP) is 2.51. The number of aryl methyl sites for hydroxylation is 1. The molecule has 0 unspecified atom stereocenters. The van der Waals surface area contributed by atoms with Crippen molar-refractivity contribution in [3.05, 3.63) is 59.9 Å². The number of aromatic nitrogens is 1. The summed E-state index contributed by atoms with van der Waals surface area (Å²) in [5.41, 5.74) is 1.72. The van der Waals surface area contributed by atoms with Crippen molar-refractivity contribution in [1.29, 1.82) is 0 Å². The number of piperidine rings is 1. The van der Waals surface area contributed by atoms with Crippen LogP contribution in [-0.4, -0.2) is 27.7 Å². The molecule has 1 aromatic heterocycles. The van der Waals surface area contributed by atoms with Crippen LogP contribution in [-0.2, 0) is 19.2 Å². The molecular formula is C17H22N2O. The first kappa shape index (κ1) is 13.4. The van der Waals surface area contributed by atoms with Gasteiger partial charge >= 0.3 is 0 Å². The molecule has 1 N–H and O–H groups in total. The van der Waals surface area contributed by atoms with Crippen molar-refractivity contribution in [3.8, 4) is 0 Å². The van der Waals surface area contributed by atoms with E-state index in [2.05, 4.69) is 29.2 Å². The lowest BCUT2D eigenvalue weighted by atomic mass is 9.88. The van der Waals surface area contributed by atoms with E-state index in [4.69, 9.17) is 0 Å². The van der Waals surface area contributed by atoms with Crippen molar-refractivity contribution in [2.45, 2.75) is 25.0 Å². The molecule has 2 aromatic rings. The van der Waals surface area contributed by atoms with Crippen molar-refractivity contribution in [2.75, 3.05) is 13.1 Å². The monoisotopic (exact) mass is 270 g/mol. The molecule has 1 aromatic carbocycles. The Morgan fingerprint density at radius 1 is 1.05 bits per heavy atom. The molecule has 0 saturated carbocycles. The quantitative estimate of drug-likeness (QED) is 0.928. The van der Waals surface area contributed by atoms with Crippen LogP contribution < -0.4 is 0 Å². The third-order valence-electron chi connectivity index (χ3n) is 4.35. The van der Waals surface area contributed by atoms with Gasteiger partial charge in [0, 0.05) is 38.6 Å². The maximum atomic E-state index is 10.8. The molecule has 106 valence electrons. The lowest BCUT2D eigenvalue weighted by Gasteiger charge is -2.38. The van der Waals surface area contributed by atoms with Gasteiger partial charge in [0.1, 0.15) is 5.60 Å². The highest BCUT2D eigenvalue weighted by molar-refractivity contribution is 5.18. The number of nitrogens with zero attached hydrogens (tertiary/aromatic N) is 2. The summed E-state index contributed by atoms with van der Waals surface area (Å²) in [4.78, 5) is 2.42. The van der Waals surface area contributed by atoms with Crippen molar-refractivity contribution < 1.29 is 5.11 Å². The van der Waals surface area contributed by atoms with Crippen LogP contribution >= 0.6 is 0 Å². The Hall–Kier alpha value is -1.58. The van der Waals surface area contributed by atoms with E-state index in [9.17, 15) is 5.11 Å². The van der Waals surface area contributed by atoms with Crippen molar-refractivity contribution in [1.82, 2.24) is 9.47 Å². The number of rotatable bonds is 3. The van der Waals surface area contributed by atoms with Gasteiger partial charge in [-0.2, -0.15) is 0 Å². The van der Waals surface area contributed by atoms with E-state index in [1.54, 1.807) is 0 Å². The summed E-state index contributed by atoms with van der Waals surface area (Å²) in [5.74, 6) is 0. The molecule has 1 aliphatic rings. The highest BCUT2D eigenvalue weighted by Crippen LogP contribution is 2.33. The molecule has 1 saturated heterocycles. The number of benzene rings is 1. The van der Waals surface area contributed by atoms with Gasteiger partial charge in [-0.1, -0.05) is 30.3 Å². The van der Waals surface area contributed by atoms with Gasteiger partial charge in [0.05, 0.1) is 0 Å². The molecule has 0 bridgehead atoms. The Kier molecular flexibility index (Phi) is 3.64. The Morgan fingerprint density at radius 2 is 1.75 bits per heavy atom. The van der Waals surface area contributed by atoms with Crippen LogP contribution in [0.3, 0.4) is 0 Å². The van der Waals surface area contributed by atoms with Gasteiger partial charge in [0.25, 0.3) is 0 Å². The molecule has 0 aliphatic carbocycles. The molecule has 0 amide bonds. The lowest BCUT2D eigenvalue weighted by molar-refractivity contribution is -0.0330. The maximum absolute atomic E-state index is 10.8. The highest BCUT2D eigenvalue weighted by Gasteiger charge is 2.35. The fourth-order valence-corrected chi connectivity index (χ4v) is 3.12. The standard InChI is InChI=1S/C17H22N2O/c1-18-11-5-8-16(18)17(20)9-12-19(13-10-17)14-15-6-3-2-4-7-15/h2-8,11,20H,9-10,12-14H2,1H3. The Balaban J connectivity index is 1.64. The molecule has 1 aliphatic heterocycles. The Morgan fingerprint density at radius 3 is 2.35 bits per heavy atom. The highest BCUT2D eigenvalue weighted by atomic mass is 16.3. The zero-order chi connectivity index (χ0) is 14.0. The summed E-state index contributed by atoms with van der Waals surface area (Å²) in [7, 11) is 2.00. The third-order valence-corrected chi connectivity index (χ3v) is 4.35. The molecule has 0 radical (unpaired) electrons. The van der Waals surface area contributed by atoms with E-state index >= 15 is 0 Å². The molecule has 3 nitrogen and oxygen atoms in total. The van der Waals surface area contributed by atoms with Gasteiger partial charge in [0.2, 0.25) is 0 Å². The zero-order valence-corrected chi connectivity index (χ0v) is 12.0. The third kappa shape index (κ3) is 2.65. The van der Waals surface area contributed by atoms with Crippen LogP contribution in [0.25, 0.3) is 0 Å². The average Bonchev–Trinajstić information content (AvgIpc) is 2.90. The molecule has 3 rings (SSSR count). The fraction of sp³-hybridized carbons (Fsp3) is 0.412. The van der Waals surface area contributed by atoms with Gasteiger partial charge in [-0.05, 0) is 30.5 Å². The number of hydrogen-bond acceptors (Lipinski definition) is 2. The van der Waals surface area contributed by atoms with Crippen molar-refractivity contribution in [3.63, 3.8) is 0 Å². The van der Waals surface area contributed by atoms with E-state index in [0.717, 1.165) is 38.2 Å². The molecule has 3 heteroatoms. The molecule has 20 heavy (non-hydrogen) atoms. The minimum atomic E-state index is -0.661. The first-order valence-electron chi connectivity index (χ1n) is 7.28. The second-order valence-electron chi connectivity index (χ2n) is 5.80. The summed E-state index contributed by atoms with van der Waals surface area (Å²) in [6.07, 6.45) is 3.61. The van der Waals surface area contributed by atoms with E-state index in [0.29, 0.717) is 0 Å². The van der Waals surface area contributed by atoms with Gasteiger partial charge in [-0.15, -0.1) is 0 Å². The average molecular weight is 270 g/mol. The van der Waals surface area contributed by atoms with E-state index in [1.807, 2.05) is 36.0 Å². The number of aliphatic hydroxyl groups is 1. The van der Waals surface area contributed by atoms with Gasteiger partial charge < -0.3 is 9.67 Å². The normalized spacial score (nSPS) is 19.1. The number of likely N-dealkylation sites (tertiary alicyclic amines) is 1. The molecule has 1 fully saturated rings. The van der Waals surface area contributed by atoms with E-state index in [-0.39, 0.29) is 0 Å². The maximum Gasteiger partial charge on any atom is 0.107 e. The van der Waals surface area contributed by atoms with E-state index in [1.165, 1.54) is 5.56 Å². The summed E-state index contributed by atoms with van der Waals surface area (Å²) < 4.78 is 2.03. The summed E-state index contributed by atoms with van der Waals surface area (Å²) in [6.45, 7) is 2.86. The van der Waals surface area contributed by atoms with Crippen molar-refractivity contribution >= 4 is 0 Å². The van der Waals surface area contributed by atoms with Crippen LogP contribution in [0.15, 0.2) is 48.7 Å². The smallest absolute Gasteiger partial charge is 0.107 e. The Bertz CT molecular complexity index is 553. The largest absolute Gasteiger partial charge is 0.384 e. The molecule has 0 spiro atoms. The second kappa shape index (κ2) is 5.43. The van der Waals surface area contributed by atoms with Gasteiger partial charge in [-0.25, -0.2) is 0 Å². The van der Waals surface area contributed by atoms with Gasteiger partial charge in [-0.3, -0.25) is 4.90 Å². The summed E-state index contributed by atoms with van der Waals surface area (Å²) >= 11 is 0. The van der Waals surface area contributed by atoms with Crippen LogP contribution in [0.2, 0.25) is 0 Å². The predicted molar refractivity (Wildman–Crippen MR) is 80.3 cm³/mol. The molecular weight excluding hydrogens is 248 g/mol.